The normalized spacial score (nSPS) is 12.2. The van der Waals surface area contributed by atoms with Crippen molar-refractivity contribution in [3.8, 4) is 11.4 Å². The minimum absolute atomic E-state index is 0.166. The molecule has 0 radical (unpaired) electrons. The molecule has 0 saturated heterocycles. The number of fused-ring (bicyclic) bond motifs is 3. The van der Waals surface area contributed by atoms with Crippen molar-refractivity contribution in [1.82, 2.24) is 4.57 Å². The zero-order valence-electron chi connectivity index (χ0n) is 22.2. The first kappa shape index (κ1) is 23.4. The Kier molecular flexibility index (Phi) is 5.85. The minimum atomic E-state index is -0.166. The van der Waals surface area contributed by atoms with Gasteiger partial charge in [0.1, 0.15) is 11.4 Å². The van der Waals surface area contributed by atoms with E-state index in [1.165, 1.54) is 66.4 Å². The van der Waals surface area contributed by atoms with Crippen LogP contribution in [0.4, 0.5) is 0 Å². The lowest BCUT2D eigenvalue weighted by atomic mass is 9.94. The molecule has 0 atom stereocenters. The molecule has 1 aromatic heterocycles. The molecule has 2 heteroatoms. The fourth-order valence-electron chi connectivity index (χ4n) is 5.40. The van der Waals surface area contributed by atoms with Gasteiger partial charge in [-0.15, -0.1) is 0 Å². The van der Waals surface area contributed by atoms with Gasteiger partial charge in [-0.05, 0) is 126 Å². The zero-order valence-corrected chi connectivity index (χ0v) is 22.2. The maximum Gasteiger partial charge on any atom is 0.123 e. The summed E-state index contributed by atoms with van der Waals surface area (Å²) in [5, 5.41) is 2.73. The van der Waals surface area contributed by atoms with Crippen LogP contribution in [0.25, 0.3) is 27.5 Å². The number of nitrogens with zero attached hydrogens (tertiary/aromatic N) is 1. The van der Waals surface area contributed by atoms with E-state index in [9.17, 15) is 0 Å². The van der Waals surface area contributed by atoms with E-state index < -0.39 is 0 Å². The molecule has 4 rings (SSSR count). The van der Waals surface area contributed by atoms with E-state index >= 15 is 0 Å². The summed E-state index contributed by atoms with van der Waals surface area (Å²) in [4.78, 5) is 0. The fourth-order valence-corrected chi connectivity index (χ4v) is 5.40. The summed E-state index contributed by atoms with van der Waals surface area (Å²) >= 11 is 0. The molecule has 3 aromatic carbocycles. The summed E-state index contributed by atoms with van der Waals surface area (Å²) in [5.41, 5.74) is 13.0. The van der Waals surface area contributed by atoms with Gasteiger partial charge in [0.05, 0.1) is 11.0 Å². The van der Waals surface area contributed by atoms with Gasteiger partial charge in [0.15, 0.2) is 0 Å². The Labute approximate surface area is 199 Å². The highest BCUT2D eigenvalue weighted by Gasteiger charge is 2.23. The Hall–Kier alpha value is -2.74. The third kappa shape index (κ3) is 3.74. The molecular weight excluding hydrogens is 402 g/mol. The Balaban J connectivity index is 2.05. The number of aromatic nitrogens is 1. The highest BCUT2D eigenvalue weighted by Crippen LogP contribution is 2.41. The van der Waals surface area contributed by atoms with E-state index in [0.29, 0.717) is 0 Å². The molecule has 0 spiro atoms. The van der Waals surface area contributed by atoms with Crippen LogP contribution in [-0.4, -0.2) is 10.2 Å². The summed E-state index contributed by atoms with van der Waals surface area (Å²) in [7, 11) is 0. The van der Waals surface area contributed by atoms with Crippen LogP contribution in [0.5, 0.6) is 5.75 Å². The average molecular weight is 442 g/mol. The standard InChI is InChI=1S/C31H39NO/c1-11-16-31(9,10)33-28-15-14-26(21(5)22(28)6)32-27-13-12-18(2)17-25(27)29-23(7)19(3)20(4)24(8)30(29)32/h12-15,17H,11,16H2,1-10H3. The van der Waals surface area contributed by atoms with Gasteiger partial charge in [-0.1, -0.05) is 25.0 Å². The maximum atomic E-state index is 6.49. The maximum absolute atomic E-state index is 6.49. The molecule has 33 heavy (non-hydrogen) atoms. The van der Waals surface area contributed by atoms with Crippen LogP contribution in [0.15, 0.2) is 30.3 Å². The molecule has 0 aliphatic carbocycles. The van der Waals surface area contributed by atoms with Crippen LogP contribution in [0.1, 0.15) is 72.6 Å². The van der Waals surface area contributed by atoms with E-state index in [4.69, 9.17) is 4.74 Å². The molecule has 1 heterocycles. The van der Waals surface area contributed by atoms with Crippen LogP contribution in [0.2, 0.25) is 0 Å². The summed E-state index contributed by atoms with van der Waals surface area (Å²) in [6, 6.07) is 11.3. The van der Waals surface area contributed by atoms with Crippen LogP contribution in [-0.2, 0) is 0 Å². The first-order chi connectivity index (χ1) is 15.5. The fraction of sp³-hybridized carbons (Fsp3) is 0.419. The van der Waals surface area contributed by atoms with Gasteiger partial charge in [0.25, 0.3) is 0 Å². The number of benzene rings is 3. The number of hydrogen-bond acceptors (Lipinski definition) is 1. The Morgan fingerprint density at radius 1 is 0.758 bits per heavy atom. The van der Waals surface area contributed by atoms with E-state index in [1.807, 2.05) is 0 Å². The van der Waals surface area contributed by atoms with Gasteiger partial charge in [0, 0.05) is 16.5 Å². The Morgan fingerprint density at radius 3 is 2.09 bits per heavy atom. The van der Waals surface area contributed by atoms with Crippen LogP contribution in [0, 0.1) is 48.5 Å². The van der Waals surface area contributed by atoms with Gasteiger partial charge in [0.2, 0.25) is 0 Å². The van der Waals surface area contributed by atoms with E-state index in [-0.39, 0.29) is 5.60 Å². The van der Waals surface area contributed by atoms with E-state index in [2.05, 4.69) is 104 Å². The molecule has 0 aliphatic rings. The first-order valence-corrected chi connectivity index (χ1v) is 12.3. The zero-order chi connectivity index (χ0) is 24.2. The molecule has 0 N–H and O–H groups in total. The SMILES string of the molecule is CCCC(C)(C)Oc1ccc(-n2c3ccc(C)cc3c3c(C)c(C)c(C)c(C)c32)c(C)c1C. The van der Waals surface area contributed by atoms with Crippen molar-refractivity contribution in [3.05, 3.63) is 69.3 Å². The lowest BCUT2D eigenvalue weighted by Gasteiger charge is -2.28. The van der Waals surface area contributed by atoms with Gasteiger partial charge >= 0.3 is 0 Å². The first-order valence-electron chi connectivity index (χ1n) is 12.3. The molecular formula is C31H39NO. The second kappa shape index (κ2) is 8.24. The van der Waals surface area contributed by atoms with Crippen molar-refractivity contribution in [1.29, 1.82) is 0 Å². The Morgan fingerprint density at radius 2 is 1.42 bits per heavy atom. The van der Waals surface area contributed by atoms with Crippen molar-refractivity contribution in [2.75, 3.05) is 0 Å². The monoisotopic (exact) mass is 441 g/mol. The molecule has 0 aliphatic heterocycles. The number of rotatable bonds is 5. The second-order valence-corrected chi connectivity index (χ2v) is 10.5. The highest BCUT2D eigenvalue weighted by molar-refractivity contribution is 6.12. The van der Waals surface area contributed by atoms with Gasteiger partial charge in [-0.25, -0.2) is 0 Å². The summed E-state index contributed by atoms with van der Waals surface area (Å²) in [6.45, 7) is 22.3. The summed E-state index contributed by atoms with van der Waals surface area (Å²) < 4.78 is 8.97. The van der Waals surface area contributed by atoms with Crippen molar-refractivity contribution in [2.45, 2.75) is 87.7 Å². The highest BCUT2D eigenvalue weighted by atomic mass is 16.5. The van der Waals surface area contributed by atoms with Crippen LogP contribution < -0.4 is 4.74 Å². The molecule has 0 saturated carbocycles. The Bertz CT molecular complexity index is 1380. The van der Waals surface area contributed by atoms with Gasteiger partial charge in [-0.2, -0.15) is 0 Å². The van der Waals surface area contributed by atoms with E-state index in [0.717, 1.165) is 18.6 Å². The van der Waals surface area contributed by atoms with Gasteiger partial charge in [-0.3, -0.25) is 0 Å². The van der Waals surface area contributed by atoms with Crippen molar-refractivity contribution in [2.24, 2.45) is 0 Å². The third-order valence-corrected chi connectivity index (χ3v) is 7.73. The molecule has 0 unspecified atom stereocenters. The van der Waals surface area contributed by atoms with Crippen molar-refractivity contribution < 1.29 is 4.74 Å². The summed E-state index contributed by atoms with van der Waals surface area (Å²) in [6.07, 6.45) is 2.15. The minimum Gasteiger partial charge on any atom is -0.488 e. The molecule has 2 nitrogen and oxygen atoms in total. The second-order valence-electron chi connectivity index (χ2n) is 10.5. The predicted molar refractivity (Wildman–Crippen MR) is 144 cm³/mol. The largest absolute Gasteiger partial charge is 0.488 e. The number of hydrogen-bond donors (Lipinski definition) is 0. The molecule has 4 aromatic rings. The van der Waals surface area contributed by atoms with Crippen molar-refractivity contribution in [3.63, 3.8) is 0 Å². The number of ether oxygens (including phenoxy) is 1. The lowest BCUT2D eigenvalue weighted by molar-refractivity contribution is 0.0976. The molecule has 174 valence electrons. The summed E-state index contributed by atoms with van der Waals surface area (Å²) in [5.74, 6) is 0.992. The smallest absolute Gasteiger partial charge is 0.123 e. The third-order valence-electron chi connectivity index (χ3n) is 7.73. The number of aryl methyl sites for hydroxylation is 3. The lowest BCUT2D eigenvalue weighted by Crippen LogP contribution is -2.28. The topological polar surface area (TPSA) is 14.2 Å². The average Bonchev–Trinajstić information content (AvgIpc) is 3.08. The predicted octanol–water partition coefficient (Wildman–Crippen LogP) is 8.90. The molecule has 0 amide bonds. The quantitative estimate of drug-likeness (QED) is 0.301. The van der Waals surface area contributed by atoms with Gasteiger partial charge < -0.3 is 9.30 Å². The van der Waals surface area contributed by atoms with Crippen molar-refractivity contribution >= 4 is 21.8 Å². The molecule has 0 bridgehead atoms. The van der Waals surface area contributed by atoms with Crippen LogP contribution in [0.3, 0.4) is 0 Å². The van der Waals surface area contributed by atoms with Crippen LogP contribution >= 0.6 is 0 Å². The molecule has 0 fully saturated rings. The van der Waals surface area contributed by atoms with E-state index in [1.54, 1.807) is 0 Å².